The van der Waals surface area contributed by atoms with Gasteiger partial charge in [0.1, 0.15) is 0 Å². The van der Waals surface area contributed by atoms with Gasteiger partial charge in [-0.05, 0) is 34.9 Å². The van der Waals surface area contributed by atoms with E-state index >= 15 is 0 Å². The number of anilines is 2. The van der Waals surface area contributed by atoms with Gasteiger partial charge in [-0.25, -0.2) is 0 Å². The molecule has 0 atom stereocenters. The Morgan fingerprint density at radius 1 is 0.619 bits per heavy atom. The van der Waals surface area contributed by atoms with Gasteiger partial charge in [0.15, 0.2) is 0 Å². The van der Waals surface area contributed by atoms with Crippen LogP contribution in [0, 0.1) is 0 Å². The summed E-state index contributed by atoms with van der Waals surface area (Å²) in [5.41, 5.74) is 17.1. The van der Waals surface area contributed by atoms with Crippen LogP contribution in [-0.2, 0) is 0 Å². The van der Waals surface area contributed by atoms with Gasteiger partial charge in [-0.1, -0.05) is 60.7 Å². The first-order valence-electron chi connectivity index (χ1n) is 7.00. The molecule has 3 aromatic rings. The highest BCUT2D eigenvalue weighted by molar-refractivity contribution is 5.61. The molecule has 0 aliphatic heterocycles. The lowest BCUT2D eigenvalue weighted by Crippen LogP contribution is -2.07. The quantitative estimate of drug-likeness (QED) is 0.559. The summed E-state index contributed by atoms with van der Waals surface area (Å²) < 4.78 is 0. The molecule has 3 rings (SSSR count). The summed E-state index contributed by atoms with van der Waals surface area (Å²) in [6.45, 7) is 0. The second-order valence-corrected chi connectivity index (χ2v) is 5.14. The Morgan fingerprint density at radius 3 is 1.67 bits per heavy atom. The number of nitrogen functional groups attached to an aromatic ring is 2. The topological polar surface area (TPSA) is 52.0 Å². The maximum atomic E-state index is 6.21. The number of nitrogens with two attached hydrogens (primary N) is 2. The predicted octanol–water partition coefficient (Wildman–Crippen LogP) is 4.03. The first-order valence-corrected chi connectivity index (χ1v) is 7.00. The predicted molar refractivity (Wildman–Crippen MR) is 89.1 cm³/mol. The highest BCUT2D eigenvalue weighted by Gasteiger charge is 2.18. The molecule has 0 saturated heterocycles. The summed E-state index contributed by atoms with van der Waals surface area (Å²) in [6, 6.07) is 26.4. The molecule has 0 amide bonds. The van der Waals surface area contributed by atoms with Crippen LogP contribution in [0.15, 0.2) is 78.9 Å². The summed E-state index contributed by atoms with van der Waals surface area (Å²) in [4.78, 5) is 0. The van der Waals surface area contributed by atoms with Gasteiger partial charge in [0.2, 0.25) is 0 Å². The van der Waals surface area contributed by atoms with Crippen LogP contribution in [0.25, 0.3) is 0 Å². The molecule has 4 N–H and O–H groups in total. The standard InChI is InChI=1S/C19H18N2/c20-16-11-12-18(21)17(13-16)19(14-7-3-1-4-8-14)15-9-5-2-6-10-15/h1-13,19H,20-21H2. The molecule has 104 valence electrons. The number of rotatable bonds is 3. The molecule has 0 aliphatic carbocycles. The van der Waals surface area contributed by atoms with Gasteiger partial charge in [0.05, 0.1) is 0 Å². The molecular weight excluding hydrogens is 256 g/mol. The van der Waals surface area contributed by atoms with Crippen molar-refractivity contribution in [1.82, 2.24) is 0 Å². The third kappa shape index (κ3) is 2.75. The highest BCUT2D eigenvalue weighted by atomic mass is 14.6. The first kappa shape index (κ1) is 13.3. The Kier molecular flexibility index (Phi) is 3.61. The third-order valence-electron chi connectivity index (χ3n) is 3.69. The lowest BCUT2D eigenvalue weighted by atomic mass is 9.84. The second-order valence-electron chi connectivity index (χ2n) is 5.14. The van der Waals surface area contributed by atoms with Gasteiger partial charge in [-0.15, -0.1) is 0 Å². The van der Waals surface area contributed by atoms with E-state index in [0.29, 0.717) is 0 Å². The van der Waals surface area contributed by atoms with Crippen molar-refractivity contribution in [2.24, 2.45) is 0 Å². The van der Waals surface area contributed by atoms with E-state index < -0.39 is 0 Å². The van der Waals surface area contributed by atoms with E-state index in [0.717, 1.165) is 16.9 Å². The van der Waals surface area contributed by atoms with E-state index in [2.05, 4.69) is 24.3 Å². The van der Waals surface area contributed by atoms with Crippen molar-refractivity contribution < 1.29 is 0 Å². The van der Waals surface area contributed by atoms with Crippen molar-refractivity contribution >= 4 is 11.4 Å². The van der Waals surface area contributed by atoms with Crippen molar-refractivity contribution in [1.29, 1.82) is 0 Å². The van der Waals surface area contributed by atoms with E-state index in [1.807, 2.05) is 54.6 Å². The fourth-order valence-electron chi connectivity index (χ4n) is 2.69. The zero-order chi connectivity index (χ0) is 14.7. The monoisotopic (exact) mass is 274 g/mol. The number of benzene rings is 3. The van der Waals surface area contributed by atoms with Crippen LogP contribution in [0.1, 0.15) is 22.6 Å². The average Bonchev–Trinajstić information content (AvgIpc) is 2.53. The maximum Gasteiger partial charge on any atom is 0.0361 e. The normalized spacial score (nSPS) is 10.7. The van der Waals surface area contributed by atoms with Crippen molar-refractivity contribution in [3.05, 3.63) is 95.6 Å². The van der Waals surface area contributed by atoms with Crippen molar-refractivity contribution in [3.8, 4) is 0 Å². The molecule has 0 unspecified atom stereocenters. The molecule has 0 aliphatic rings. The summed E-state index contributed by atoms with van der Waals surface area (Å²) in [7, 11) is 0. The van der Waals surface area contributed by atoms with Crippen LogP contribution < -0.4 is 11.5 Å². The van der Waals surface area contributed by atoms with Gasteiger partial charge < -0.3 is 11.5 Å². The van der Waals surface area contributed by atoms with Gasteiger partial charge in [-0.2, -0.15) is 0 Å². The minimum absolute atomic E-state index is 0.0934. The molecule has 3 aromatic carbocycles. The molecule has 0 heterocycles. The lowest BCUT2D eigenvalue weighted by Gasteiger charge is -2.21. The van der Waals surface area contributed by atoms with Crippen LogP contribution in [-0.4, -0.2) is 0 Å². The molecule has 0 fully saturated rings. The molecule has 21 heavy (non-hydrogen) atoms. The Balaban J connectivity index is 2.20. The molecule has 0 spiro atoms. The van der Waals surface area contributed by atoms with Gasteiger partial charge in [-0.3, -0.25) is 0 Å². The Hall–Kier alpha value is -2.74. The average molecular weight is 274 g/mol. The molecule has 0 saturated carbocycles. The zero-order valence-corrected chi connectivity index (χ0v) is 11.7. The molecule has 0 radical (unpaired) electrons. The number of hydrogen-bond acceptors (Lipinski definition) is 2. The molecule has 0 bridgehead atoms. The van der Waals surface area contributed by atoms with E-state index in [1.54, 1.807) is 0 Å². The summed E-state index contributed by atoms with van der Waals surface area (Å²) in [5.74, 6) is 0.0934. The fourth-order valence-corrected chi connectivity index (χ4v) is 2.69. The van der Waals surface area contributed by atoms with Gasteiger partial charge in [0.25, 0.3) is 0 Å². The zero-order valence-electron chi connectivity index (χ0n) is 11.7. The van der Waals surface area contributed by atoms with Gasteiger partial charge in [0, 0.05) is 17.3 Å². The Labute approximate surface area is 125 Å². The SMILES string of the molecule is Nc1ccc(N)c(C(c2ccccc2)c2ccccc2)c1. The van der Waals surface area contributed by atoms with Crippen molar-refractivity contribution in [2.45, 2.75) is 5.92 Å². The maximum absolute atomic E-state index is 6.21. The van der Waals surface area contributed by atoms with E-state index in [1.165, 1.54) is 11.1 Å². The largest absolute Gasteiger partial charge is 0.399 e. The summed E-state index contributed by atoms with van der Waals surface area (Å²) in [5, 5.41) is 0. The van der Waals surface area contributed by atoms with E-state index in [-0.39, 0.29) is 5.92 Å². The molecule has 2 nitrogen and oxygen atoms in total. The minimum atomic E-state index is 0.0934. The van der Waals surface area contributed by atoms with Crippen LogP contribution in [0.2, 0.25) is 0 Å². The van der Waals surface area contributed by atoms with Crippen LogP contribution in [0.4, 0.5) is 11.4 Å². The van der Waals surface area contributed by atoms with Crippen LogP contribution >= 0.6 is 0 Å². The van der Waals surface area contributed by atoms with Crippen molar-refractivity contribution in [3.63, 3.8) is 0 Å². The summed E-state index contributed by atoms with van der Waals surface area (Å²) in [6.07, 6.45) is 0. The smallest absolute Gasteiger partial charge is 0.0361 e. The Bertz CT molecular complexity index is 682. The van der Waals surface area contributed by atoms with Crippen LogP contribution in [0.5, 0.6) is 0 Å². The molecule has 0 aromatic heterocycles. The Morgan fingerprint density at radius 2 is 1.14 bits per heavy atom. The summed E-state index contributed by atoms with van der Waals surface area (Å²) >= 11 is 0. The molecule has 2 heteroatoms. The second kappa shape index (κ2) is 5.71. The van der Waals surface area contributed by atoms with Gasteiger partial charge >= 0.3 is 0 Å². The lowest BCUT2D eigenvalue weighted by molar-refractivity contribution is 0.982. The van der Waals surface area contributed by atoms with Crippen LogP contribution in [0.3, 0.4) is 0 Å². The van der Waals surface area contributed by atoms with Crippen molar-refractivity contribution in [2.75, 3.05) is 11.5 Å². The minimum Gasteiger partial charge on any atom is -0.399 e. The molecular formula is C19H18N2. The van der Waals surface area contributed by atoms with E-state index in [4.69, 9.17) is 11.5 Å². The fraction of sp³-hybridized carbons (Fsp3) is 0.0526. The first-order chi connectivity index (χ1) is 10.3. The van der Waals surface area contributed by atoms with E-state index in [9.17, 15) is 0 Å². The highest BCUT2D eigenvalue weighted by Crippen LogP contribution is 2.35. The number of hydrogen-bond donors (Lipinski definition) is 2. The third-order valence-corrected chi connectivity index (χ3v) is 3.69.